The number of aromatic hydroxyl groups is 1. The van der Waals surface area contributed by atoms with Gasteiger partial charge in [0.1, 0.15) is 5.75 Å². The first-order chi connectivity index (χ1) is 7.56. The normalized spacial score (nSPS) is 24.6. The second kappa shape index (κ2) is 4.14. The SMILES string of the molecule is CC(=O)O.Oc1ccc2c(c1)CC1OC1C2. The number of hydrogen-bond acceptors (Lipinski definition) is 3. The zero-order chi connectivity index (χ0) is 11.7. The molecule has 0 aromatic heterocycles. The third kappa shape index (κ3) is 2.52. The van der Waals surface area contributed by atoms with Crippen LogP contribution in [0, 0.1) is 0 Å². The van der Waals surface area contributed by atoms with Crippen LogP contribution in [0.4, 0.5) is 0 Å². The molecule has 0 radical (unpaired) electrons. The number of carbonyl (C=O) groups is 1. The van der Waals surface area contributed by atoms with E-state index in [1.807, 2.05) is 12.1 Å². The molecule has 1 aromatic rings. The van der Waals surface area contributed by atoms with Crippen molar-refractivity contribution >= 4 is 5.97 Å². The van der Waals surface area contributed by atoms with Gasteiger partial charge in [0.05, 0.1) is 12.2 Å². The van der Waals surface area contributed by atoms with E-state index in [1.165, 1.54) is 11.1 Å². The summed E-state index contributed by atoms with van der Waals surface area (Å²) in [6.45, 7) is 1.08. The maximum Gasteiger partial charge on any atom is 0.300 e. The van der Waals surface area contributed by atoms with E-state index in [4.69, 9.17) is 14.6 Å². The molecule has 0 bridgehead atoms. The summed E-state index contributed by atoms with van der Waals surface area (Å²) in [5.74, 6) is -0.465. The molecule has 3 rings (SSSR count). The average Bonchev–Trinajstić information content (AvgIpc) is 2.91. The number of rotatable bonds is 0. The highest BCUT2D eigenvalue weighted by atomic mass is 16.6. The smallest absolute Gasteiger partial charge is 0.300 e. The molecule has 86 valence electrons. The molecule has 0 amide bonds. The lowest BCUT2D eigenvalue weighted by atomic mass is 9.92. The van der Waals surface area contributed by atoms with E-state index in [-0.39, 0.29) is 0 Å². The Morgan fingerprint density at radius 1 is 1.31 bits per heavy atom. The Hall–Kier alpha value is -1.55. The molecule has 0 spiro atoms. The maximum atomic E-state index is 9.25. The molecular formula is C12H14O4. The van der Waals surface area contributed by atoms with Crippen LogP contribution >= 0.6 is 0 Å². The lowest BCUT2D eigenvalue weighted by Crippen LogP contribution is -2.11. The zero-order valence-corrected chi connectivity index (χ0v) is 9.01. The molecule has 4 heteroatoms. The van der Waals surface area contributed by atoms with Crippen LogP contribution in [-0.4, -0.2) is 28.4 Å². The van der Waals surface area contributed by atoms with E-state index in [2.05, 4.69) is 0 Å². The van der Waals surface area contributed by atoms with E-state index >= 15 is 0 Å². The molecule has 1 fully saturated rings. The van der Waals surface area contributed by atoms with E-state index in [9.17, 15) is 5.11 Å². The van der Waals surface area contributed by atoms with Crippen LogP contribution in [0.5, 0.6) is 5.75 Å². The number of hydrogen-bond donors (Lipinski definition) is 2. The fraction of sp³-hybridized carbons (Fsp3) is 0.417. The number of epoxide rings is 1. The van der Waals surface area contributed by atoms with Gasteiger partial charge in [-0.3, -0.25) is 4.79 Å². The van der Waals surface area contributed by atoms with Gasteiger partial charge >= 0.3 is 0 Å². The van der Waals surface area contributed by atoms with Crippen molar-refractivity contribution in [2.75, 3.05) is 0 Å². The number of aliphatic carboxylic acids is 1. The summed E-state index contributed by atoms with van der Waals surface area (Å²) >= 11 is 0. The molecule has 2 unspecified atom stereocenters. The average molecular weight is 222 g/mol. The van der Waals surface area contributed by atoms with Gasteiger partial charge in [-0.25, -0.2) is 0 Å². The quantitative estimate of drug-likeness (QED) is 0.650. The van der Waals surface area contributed by atoms with Crippen LogP contribution in [0.1, 0.15) is 18.1 Å². The topological polar surface area (TPSA) is 70.1 Å². The predicted molar refractivity (Wildman–Crippen MR) is 57.5 cm³/mol. The molecule has 1 heterocycles. The number of benzene rings is 1. The Morgan fingerprint density at radius 3 is 2.50 bits per heavy atom. The van der Waals surface area contributed by atoms with Crippen LogP contribution < -0.4 is 0 Å². The van der Waals surface area contributed by atoms with Gasteiger partial charge < -0.3 is 14.9 Å². The molecule has 0 saturated carbocycles. The van der Waals surface area contributed by atoms with Gasteiger partial charge in [0.25, 0.3) is 5.97 Å². The van der Waals surface area contributed by atoms with Crippen LogP contribution in [0.3, 0.4) is 0 Å². The minimum absolute atomic E-state index is 0.368. The van der Waals surface area contributed by atoms with Gasteiger partial charge in [-0.1, -0.05) is 6.07 Å². The van der Waals surface area contributed by atoms with E-state index in [0.717, 1.165) is 19.8 Å². The molecule has 2 atom stereocenters. The highest BCUT2D eigenvalue weighted by molar-refractivity contribution is 5.62. The summed E-state index contributed by atoms with van der Waals surface area (Å²) in [5, 5.41) is 16.7. The number of phenolic OH excluding ortho intramolecular Hbond substituents is 1. The van der Waals surface area contributed by atoms with Crippen molar-refractivity contribution in [1.82, 2.24) is 0 Å². The summed E-state index contributed by atoms with van der Waals surface area (Å²) in [6, 6.07) is 5.61. The Bertz CT molecular complexity index is 409. The number of carboxylic acids is 1. The fourth-order valence-electron chi connectivity index (χ4n) is 1.97. The number of ether oxygens (including phenoxy) is 1. The first-order valence-electron chi connectivity index (χ1n) is 5.22. The largest absolute Gasteiger partial charge is 0.508 e. The molecule has 1 aromatic carbocycles. The molecule has 2 N–H and O–H groups in total. The highest BCUT2D eigenvalue weighted by Gasteiger charge is 2.42. The zero-order valence-electron chi connectivity index (χ0n) is 9.01. The lowest BCUT2D eigenvalue weighted by Gasteiger charge is -2.11. The van der Waals surface area contributed by atoms with Gasteiger partial charge in [0.15, 0.2) is 0 Å². The second-order valence-corrected chi connectivity index (χ2v) is 4.09. The molecule has 1 aliphatic heterocycles. The molecule has 4 nitrogen and oxygen atoms in total. The minimum Gasteiger partial charge on any atom is -0.508 e. The monoisotopic (exact) mass is 222 g/mol. The van der Waals surface area contributed by atoms with E-state index in [0.29, 0.717) is 18.0 Å². The minimum atomic E-state index is -0.833. The van der Waals surface area contributed by atoms with Gasteiger partial charge in [0.2, 0.25) is 0 Å². The van der Waals surface area contributed by atoms with Crippen molar-refractivity contribution in [2.24, 2.45) is 0 Å². The van der Waals surface area contributed by atoms with Crippen molar-refractivity contribution in [3.8, 4) is 5.75 Å². The van der Waals surface area contributed by atoms with Crippen molar-refractivity contribution in [1.29, 1.82) is 0 Å². The standard InChI is InChI=1S/C10H10O2.C2H4O2/c11-8-2-1-6-4-9-10(12-9)5-7(6)3-8;1-2(3)4/h1-3,9-11H,4-5H2;1H3,(H,3,4). The van der Waals surface area contributed by atoms with Crippen LogP contribution in [0.2, 0.25) is 0 Å². The summed E-state index contributed by atoms with van der Waals surface area (Å²) < 4.78 is 5.42. The summed E-state index contributed by atoms with van der Waals surface area (Å²) in [7, 11) is 0. The predicted octanol–water partition coefficient (Wildman–Crippen LogP) is 1.35. The van der Waals surface area contributed by atoms with E-state index in [1.54, 1.807) is 6.07 Å². The van der Waals surface area contributed by atoms with Crippen molar-refractivity contribution < 1.29 is 19.7 Å². The van der Waals surface area contributed by atoms with Crippen molar-refractivity contribution in [3.05, 3.63) is 29.3 Å². The Morgan fingerprint density at radius 2 is 1.88 bits per heavy atom. The van der Waals surface area contributed by atoms with Gasteiger partial charge in [-0.15, -0.1) is 0 Å². The Kier molecular flexibility index (Phi) is 2.83. The first kappa shape index (κ1) is 11.0. The Balaban J connectivity index is 0.000000212. The second-order valence-electron chi connectivity index (χ2n) is 4.09. The molecule has 16 heavy (non-hydrogen) atoms. The Labute approximate surface area is 93.5 Å². The van der Waals surface area contributed by atoms with Gasteiger partial charge in [-0.05, 0) is 23.3 Å². The molecule has 1 aliphatic carbocycles. The first-order valence-corrected chi connectivity index (χ1v) is 5.22. The highest BCUT2D eigenvalue weighted by Crippen LogP contribution is 2.36. The maximum absolute atomic E-state index is 9.25. The van der Waals surface area contributed by atoms with Crippen LogP contribution in [-0.2, 0) is 22.4 Å². The summed E-state index contributed by atoms with van der Waals surface area (Å²) in [4.78, 5) is 9.00. The van der Waals surface area contributed by atoms with Crippen LogP contribution in [0.25, 0.3) is 0 Å². The lowest BCUT2D eigenvalue weighted by molar-refractivity contribution is -0.134. The summed E-state index contributed by atoms with van der Waals surface area (Å²) in [6.07, 6.45) is 2.93. The third-order valence-electron chi connectivity index (χ3n) is 2.72. The van der Waals surface area contributed by atoms with Crippen molar-refractivity contribution in [2.45, 2.75) is 32.0 Å². The van der Waals surface area contributed by atoms with Gasteiger partial charge in [-0.2, -0.15) is 0 Å². The summed E-state index contributed by atoms with van der Waals surface area (Å²) in [5.41, 5.74) is 2.60. The number of phenols is 1. The number of carboxylic acid groups (broad SMARTS) is 1. The van der Waals surface area contributed by atoms with Crippen LogP contribution in [0.15, 0.2) is 18.2 Å². The van der Waals surface area contributed by atoms with Gasteiger partial charge in [0, 0.05) is 19.8 Å². The number of fused-ring (bicyclic) bond motifs is 2. The van der Waals surface area contributed by atoms with E-state index < -0.39 is 5.97 Å². The molecular weight excluding hydrogens is 208 g/mol. The van der Waals surface area contributed by atoms with Crippen molar-refractivity contribution in [3.63, 3.8) is 0 Å². The third-order valence-corrected chi connectivity index (χ3v) is 2.72. The molecule has 1 saturated heterocycles. The fourth-order valence-corrected chi connectivity index (χ4v) is 1.97. The molecule has 2 aliphatic rings.